The molecular formula is C13H16N6. The maximum atomic E-state index is 4.49. The van der Waals surface area contributed by atoms with Crippen LogP contribution in [-0.4, -0.2) is 33.0 Å². The summed E-state index contributed by atoms with van der Waals surface area (Å²) in [6.07, 6.45) is 10.7. The van der Waals surface area contributed by atoms with E-state index in [0.717, 1.165) is 31.0 Å². The molecule has 0 saturated carbocycles. The van der Waals surface area contributed by atoms with Gasteiger partial charge in [0, 0.05) is 37.3 Å². The lowest BCUT2D eigenvalue weighted by molar-refractivity contribution is 0.455. The van der Waals surface area contributed by atoms with Crippen molar-refractivity contribution in [1.82, 2.24) is 25.3 Å². The molecule has 3 rings (SSSR count). The first-order valence-electron chi connectivity index (χ1n) is 6.48. The molecule has 2 N–H and O–H groups in total. The van der Waals surface area contributed by atoms with E-state index in [2.05, 4.69) is 30.6 Å². The summed E-state index contributed by atoms with van der Waals surface area (Å²) in [6.45, 7) is 2.04. The van der Waals surface area contributed by atoms with E-state index in [-0.39, 0.29) is 0 Å². The Morgan fingerprint density at radius 2 is 2.00 bits per heavy atom. The van der Waals surface area contributed by atoms with Gasteiger partial charge in [0.15, 0.2) is 5.82 Å². The molecule has 0 radical (unpaired) electrons. The zero-order valence-electron chi connectivity index (χ0n) is 10.6. The normalized spacial score (nSPS) is 19.1. The summed E-state index contributed by atoms with van der Waals surface area (Å²) in [5.74, 6) is 1.87. The molecule has 6 heteroatoms. The van der Waals surface area contributed by atoms with Crippen LogP contribution in [0.1, 0.15) is 24.5 Å². The standard InChI is InChI=1S/C13H16N6/c1-2-10(8-14-3-1)12-13(18-7-6-17-12)19-11-9-15-4-5-16-11/h4-7,9-10,14H,1-3,8H2,(H,16,18,19)/t10-/m0/s1. The summed E-state index contributed by atoms with van der Waals surface area (Å²) in [6, 6.07) is 0. The average Bonchev–Trinajstić information content (AvgIpc) is 2.50. The Hall–Kier alpha value is -2.08. The van der Waals surface area contributed by atoms with Crippen molar-refractivity contribution in [2.24, 2.45) is 0 Å². The number of hydrogen-bond acceptors (Lipinski definition) is 6. The second-order valence-electron chi connectivity index (χ2n) is 4.55. The van der Waals surface area contributed by atoms with Gasteiger partial charge in [-0.15, -0.1) is 0 Å². The number of nitrogens with one attached hydrogen (secondary N) is 2. The zero-order chi connectivity index (χ0) is 12.9. The maximum absolute atomic E-state index is 4.49. The van der Waals surface area contributed by atoms with Crippen molar-refractivity contribution in [2.75, 3.05) is 18.4 Å². The highest BCUT2D eigenvalue weighted by molar-refractivity contribution is 5.53. The molecule has 2 aromatic rings. The summed E-state index contributed by atoms with van der Waals surface area (Å²) in [4.78, 5) is 17.1. The highest BCUT2D eigenvalue weighted by Gasteiger charge is 2.20. The topological polar surface area (TPSA) is 75.6 Å². The SMILES string of the molecule is c1cnc(Nc2nccnc2[C@H]2CCCNC2)cn1. The Morgan fingerprint density at radius 3 is 2.79 bits per heavy atom. The third-order valence-electron chi connectivity index (χ3n) is 3.22. The average molecular weight is 256 g/mol. The van der Waals surface area contributed by atoms with Gasteiger partial charge in [-0.3, -0.25) is 9.97 Å². The minimum absolute atomic E-state index is 0.404. The molecule has 1 aliphatic heterocycles. The molecule has 0 aliphatic carbocycles. The van der Waals surface area contributed by atoms with Crippen LogP contribution in [0.15, 0.2) is 31.0 Å². The number of hydrogen-bond donors (Lipinski definition) is 2. The summed E-state index contributed by atoms with van der Waals surface area (Å²) < 4.78 is 0. The molecule has 0 aromatic carbocycles. The molecule has 0 bridgehead atoms. The molecule has 6 nitrogen and oxygen atoms in total. The molecule has 19 heavy (non-hydrogen) atoms. The minimum Gasteiger partial charge on any atom is -0.322 e. The quantitative estimate of drug-likeness (QED) is 0.866. The molecule has 1 fully saturated rings. The van der Waals surface area contributed by atoms with Gasteiger partial charge in [0.2, 0.25) is 0 Å². The fourth-order valence-electron chi connectivity index (χ4n) is 2.31. The van der Waals surface area contributed by atoms with Crippen LogP contribution in [0.5, 0.6) is 0 Å². The van der Waals surface area contributed by atoms with E-state index in [1.54, 1.807) is 31.0 Å². The number of nitrogens with zero attached hydrogens (tertiary/aromatic N) is 4. The van der Waals surface area contributed by atoms with Crippen LogP contribution in [0.4, 0.5) is 11.6 Å². The first-order valence-corrected chi connectivity index (χ1v) is 6.48. The van der Waals surface area contributed by atoms with E-state index in [1.807, 2.05) is 0 Å². The first-order chi connectivity index (χ1) is 9.43. The van der Waals surface area contributed by atoms with Gasteiger partial charge in [0.1, 0.15) is 5.82 Å². The third-order valence-corrected chi connectivity index (χ3v) is 3.22. The molecule has 1 atom stereocenters. The second kappa shape index (κ2) is 5.71. The number of piperidine rings is 1. The van der Waals surface area contributed by atoms with Gasteiger partial charge < -0.3 is 10.6 Å². The van der Waals surface area contributed by atoms with Gasteiger partial charge in [-0.2, -0.15) is 0 Å². The molecule has 98 valence electrons. The smallest absolute Gasteiger partial charge is 0.153 e. The summed E-state index contributed by atoms with van der Waals surface area (Å²) in [7, 11) is 0. The van der Waals surface area contributed by atoms with Crippen molar-refractivity contribution in [3.8, 4) is 0 Å². The lowest BCUT2D eigenvalue weighted by Gasteiger charge is -2.23. The predicted molar refractivity (Wildman–Crippen MR) is 72.2 cm³/mol. The van der Waals surface area contributed by atoms with Crippen molar-refractivity contribution in [3.05, 3.63) is 36.7 Å². The van der Waals surface area contributed by atoms with Crippen molar-refractivity contribution in [1.29, 1.82) is 0 Å². The van der Waals surface area contributed by atoms with Gasteiger partial charge in [-0.25, -0.2) is 9.97 Å². The molecule has 0 amide bonds. The molecule has 3 heterocycles. The summed E-state index contributed by atoms with van der Waals surface area (Å²) >= 11 is 0. The molecule has 1 saturated heterocycles. The van der Waals surface area contributed by atoms with Crippen molar-refractivity contribution >= 4 is 11.6 Å². The monoisotopic (exact) mass is 256 g/mol. The largest absolute Gasteiger partial charge is 0.322 e. The third kappa shape index (κ3) is 2.85. The fourth-order valence-corrected chi connectivity index (χ4v) is 2.31. The Bertz CT molecular complexity index is 524. The number of anilines is 2. The van der Waals surface area contributed by atoms with E-state index in [9.17, 15) is 0 Å². The Kier molecular flexibility index (Phi) is 3.60. The highest BCUT2D eigenvalue weighted by atomic mass is 15.1. The Morgan fingerprint density at radius 1 is 1.11 bits per heavy atom. The van der Waals surface area contributed by atoms with Gasteiger partial charge >= 0.3 is 0 Å². The van der Waals surface area contributed by atoms with E-state index >= 15 is 0 Å². The lowest BCUT2D eigenvalue weighted by Crippen LogP contribution is -2.29. The van der Waals surface area contributed by atoms with Gasteiger partial charge in [0.25, 0.3) is 0 Å². The van der Waals surface area contributed by atoms with Crippen LogP contribution in [-0.2, 0) is 0 Å². The van der Waals surface area contributed by atoms with Gasteiger partial charge in [-0.05, 0) is 19.4 Å². The van der Waals surface area contributed by atoms with Crippen LogP contribution in [0, 0.1) is 0 Å². The molecule has 2 aromatic heterocycles. The molecule has 0 spiro atoms. The van der Waals surface area contributed by atoms with Gasteiger partial charge in [0.05, 0.1) is 11.9 Å². The number of aromatic nitrogens is 4. The number of rotatable bonds is 3. The van der Waals surface area contributed by atoms with Gasteiger partial charge in [-0.1, -0.05) is 0 Å². The van der Waals surface area contributed by atoms with Crippen molar-refractivity contribution in [3.63, 3.8) is 0 Å². The summed E-state index contributed by atoms with van der Waals surface area (Å²) in [5.41, 5.74) is 1.00. The van der Waals surface area contributed by atoms with Crippen LogP contribution in [0.2, 0.25) is 0 Å². The maximum Gasteiger partial charge on any atom is 0.153 e. The Balaban J connectivity index is 1.84. The first kappa shape index (κ1) is 12.0. The predicted octanol–water partition coefficient (Wildman–Crippen LogP) is 1.48. The van der Waals surface area contributed by atoms with Crippen molar-refractivity contribution < 1.29 is 0 Å². The molecular weight excluding hydrogens is 240 g/mol. The second-order valence-corrected chi connectivity index (χ2v) is 4.55. The minimum atomic E-state index is 0.404. The lowest BCUT2D eigenvalue weighted by atomic mass is 9.96. The highest BCUT2D eigenvalue weighted by Crippen LogP contribution is 2.27. The van der Waals surface area contributed by atoms with Crippen LogP contribution in [0.25, 0.3) is 0 Å². The van der Waals surface area contributed by atoms with E-state index < -0.39 is 0 Å². The van der Waals surface area contributed by atoms with E-state index in [1.165, 1.54) is 6.42 Å². The van der Waals surface area contributed by atoms with E-state index in [0.29, 0.717) is 11.7 Å². The summed E-state index contributed by atoms with van der Waals surface area (Å²) in [5, 5.41) is 6.60. The van der Waals surface area contributed by atoms with Crippen LogP contribution < -0.4 is 10.6 Å². The van der Waals surface area contributed by atoms with Crippen LogP contribution >= 0.6 is 0 Å². The fraction of sp³-hybridized carbons (Fsp3) is 0.385. The van der Waals surface area contributed by atoms with Crippen molar-refractivity contribution in [2.45, 2.75) is 18.8 Å². The van der Waals surface area contributed by atoms with Crippen LogP contribution in [0.3, 0.4) is 0 Å². The zero-order valence-corrected chi connectivity index (χ0v) is 10.6. The van der Waals surface area contributed by atoms with E-state index in [4.69, 9.17) is 0 Å². The molecule has 1 aliphatic rings. The molecule has 0 unspecified atom stereocenters. The Labute approximate surface area is 111 Å².